The monoisotopic (exact) mass is 354 g/mol. The lowest BCUT2D eigenvalue weighted by atomic mass is 10.1. The molecular weight excluding hydrogens is 336 g/mol. The number of rotatable bonds is 6. The van der Waals surface area contributed by atoms with Gasteiger partial charge in [0.15, 0.2) is 11.4 Å². The molecule has 1 aromatic heterocycles. The molecule has 0 saturated carbocycles. The average Bonchev–Trinajstić information content (AvgIpc) is 3.02. The third-order valence-electron chi connectivity index (χ3n) is 3.74. The second-order valence-electron chi connectivity index (χ2n) is 5.59. The molecule has 1 heterocycles. The zero-order valence-corrected chi connectivity index (χ0v) is 14.8. The normalized spacial score (nSPS) is 12.1. The van der Waals surface area contributed by atoms with Gasteiger partial charge in [0, 0.05) is 11.3 Å². The number of hydrogen-bond acceptors (Lipinski definition) is 5. The summed E-state index contributed by atoms with van der Waals surface area (Å²) < 4.78 is 5.68. The molecule has 6 heteroatoms. The second-order valence-corrected chi connectivity index (χ2v) is 6.74. The minimum Gasteiger partial charge on any atom is -0.431 e. The Morgan fingerprint density at radius 3 is 2.52 bits per heavy atom. The molecule has 0 spiro atoms. The number of nitrogens with zero attached hydrogens (tertiary/aromatic N) is 1. The molecule has 5 nitrogen and oxygen atoms in total. The Labute approximate surface area is 149 Å². The van der Waals surface area contributed by atoms with Crippen LogP contribution in [0.2, 0.25) is 0 Å². The number of fused-ring (bicyclic) bond motifs is 1. The van der Waals surface area contributed by atoms with Crippen LogP contribution in [0.5, 0.6) is 0 Å². The number of aromatic nitrogens is 1. The van der Waals surface area contributed by atoms with Gasteiger partial charge in [0.25, 0.3) is 5.22 Å². The van der Waals surface area contributed by atoms with E-state index < -0.39 is 0 Å². The number of para-hydroxylation sites is 2. The maximum absolute atomic E-state index is 12.5. The maximum Gasteiger partial charge on any atom is 0.257 e. The number of amides is 1. The topological polar surface area (TPSA) is 72.2 Å². The summed E-state index contributed by atoms with van der Waals surface area (Å²) in [5, 5.41) is 3.04. The van der Waals surface area contributed by atoms with Crippen molar-refractivity contribution in [1.29, 1.82) is 0 Å². The highest BCUT2D eigenvalue weighted by Gasteiger charge is 2.21. The maximum atomic E-state index is 12.5. The largest absolute Gasteiger partial charge is 0.431 e. The summed E-state index contributed by atoms with van der Waals surface area (Å²) in [6.45, 7) is 3.45. The summed E-state index contributed by atoms with van der Waals surface area (Å²) >= 11 is 1.31. The van der Waals surface area contributed by atoms with E-state index in [1.165, 1.54) is 18.7 Å². The molecule has 1 amide bonds. The molecule has 2 aromatic carbocycles. The van der Waals surface area contributed by atoms with Crippen molar-refractivity contribution < 1.29 is 14.0 Å². The van der Waals surface area contributed by atoms with E-state index in [1.54, 1.807) is 24.3 Å². The molecule has 0 aliphatic carbocycles. The van der Waals surface area contributed by atoms with Crippen molar-refractivity contribution in [2.45, 2.75) is 30.7 Å². The fraction of sp³-hybridized carbons (Fsp3) is 0.211. The number of thioether (sulfide) groups is 1. The zero-order valence-electron chi connectivity index (χ0n) is 14.0. The molecule has 0 aliphatic rings. The summed E-state index contributed by atoms with van der Waals surface area (Å²) in [5.74, 6) is -0.124. The highest BCUT2D eigenvalue weighted by Crippen LogP contribution is 2.29. The summed E-state index contributed by atoms with van der Waals surface area (Å²) in [7, 11) is 0. The third-order valence-corrected chi connectivity index (χ3v) is 4.95. The molecule has 0 fully saturated rings. The van der Waals surface area contributed by atoms with E-state index in [9.17, 15) is 9.59 Å². The first-order valence-electron chi connectivity index (χ1n) is 8.01. The fourth-order valence-corrected chi connectivity index (χ4v) is 3.22. The van der Waals surface area contributed by atoms with Crippen molar-refractivity contribution in [3.63, 3.8) is 0 Å². The molecular formula is C19H18N2O3S. The van der Waals surface area contributed by atoms with E-state index in [1.807, 2.05) is 31.2 Å². The number of nitrogens with one attached hydrogen (secondary N) is 1. The lowest BCUT2D eigenvalue weighted by molar-refractivity contribution is -0.115. The Morgan fingerprint density at radius 1 is 1.16 bits per heavy atom. The second kappa shape index (κ2) is 7.53. The predicted octanol–water partition coefficient (Wildman–Crippen LogP) is 4.54. The molecule has 0 aliphatic heterocycles. The van der Waals surface area contributed by atoms with Crippen molar-refractivity contribution in [2.75, 3.05) is 5.32 Å². The summed E-state index contributed by atoms with van der Waals surface area (Å²) in [6, 6.07) is 14.4. The van der Waals surface area contributed by atoms with E-state index in [2.05, 4.69) is 10.3 Å². The van der Waals surface area contributed by atoms with Crippen molar-refractivity contribution in [2.24, 2.45) is 0 Å². The van der Waals surface area contributed by atoms with Crippen LogP contribution < -0.4 is 5.32 Å². The number of hydrogen-bond donors (Lipinski definition) is 1. The van der Waals surface area contributed by atoms with Crippen LogP contribution in [0.25, 0.3) is 11.1 Å². The first-order valence-corrected chi connectivity index (χ1v) is 8.89. The number of carbonyl (C=O) groups excluding carboxylic acids is 2. The van der Waals surface area contributed by atoms with Crippen molar-refractivity contribution in [3.8, 4) is 0 Å². The molecule has 0 unspecified atom stereocenters. The van der Waals surface area contributed by atoms with Gasteiger partial charge in [-0.15, -0.1) is 0 Å². The van der Waals surface area contributed by atoms with Crippen molar-refractivity contribution in [3.05, 3.63) is 54.1 Å². The quantitative estimate of drug-likeness (QED) is 0.520. The Hall–Kier alpha value is -2.60. The van der Waals surface area contributed by atoms with Crippen molar-refractivity contribution >= 4 is 40.2 Å². The molecule has 128 valence electrons. The fourth-order valence-electron chi connectivity index (χ4n) is 2.36. The number of oxazole rings is 1. The molecule has 1 atom stereocenters. The molecule has 25 heavy (non-hydrogen) atoms. The first kappa shape index (κ1) is 17.2. The lowest BCUT2D eigenvalue weighted by Crippen LogP contribution is -2.24. The van der Waals surface area contributed by atoms with Crippen LogP contribution in [0.15, 0.2) is 58.2 Å². The van der Waals surface area contributed by atoms with Crippen LogP contribution >= 0.6 is 11.8 Å². The predicted molar refractivity (Wildman–Crippen MR) is 99.0 cm³/mol. The third kappa shape index (κ3) is 4.09. The van der Waals surface area contributed by atoms with E-state index in [-0.39, 0.29) is 16.9 Å². The number of anilines is 1. The van der Waals surface area contributed by atoms with Crippen LogP contribution in [0, 0.1) is 0 Å². The number of benzene rings is 2. The van der Waals surface area contributed by atoms with Gasteiger partial charge in [-0.2, -0.15) is 0 Å². The van der Waals surface area contributed by atoms with Crippen LogP contribution in [-0.2, 0) is 4.79 Å². The van der Waals surface area contributed by atoms with Gasteiger partial charge in [0.05, 0.1) is 5.25 Å². The van der Waals surface area contributed by atoms with Gasteiger partial charge in [-0.3, -0.25) is 9.59 Å². The molecule has 3 aromatic rings. The van der Waals surface area contributed by atoms with Gasteiger partial charge >= 0.3 is 0 Å². The van der Waals surface area contributed by atoms with E-state index >= 15 is 0 Å². The van der Waals surface area contributed by atoms with E-state index in [4.69, 9.17) is 4.42 Å². The standard InChI is InChI=1S/C19H18N2O3S/c1-3-17(25-19-21-15-6-4-5-7-16(15)24-19)18(23)20-14-10-8-13(9-11-14)12(2)22/h4-11,17H,3H2,1-2H3,(H,20,23)/t17-/m1/s1. The first-order chi connectivity index (χ1) is 12.1. The SMILES string of the molecule is CC[C@@H](Sc1nc2ccccc2o1)C(=O)Nc1ccc(C(C)=O)cc1. The molecule has 3 rings (SSSR count). The molecule has 1 N–H and O–H groups in total. The van der Waals surface area contributed by atoms with Gasteiger partial charge in [-0.25, -0.2) is 4.98 Å². The number of Topliss-reactive ketones (excluding diaryl/α,β-unsaturated/α-hetero) is 1. The van der Waals surface area contributed by atoms with Crippen molar-refractivity contribution in [1.82, 2.24) is 4.98 Å². The molecule has 0 bridgehead atoms. The van der Waals surface area contributed by atoms with Gasteiger partial charge in [-0.05, 0) is 49.7 Å². The van der Waals surface area contributed by atoms with Gasteiger partial charge in [0.2, 0.25) is 5.91 Å². The Bertz CT molecular complexity index is 869. The minimum atomic E-state index is -0.319. The smallest absolute Gasteiger partial charge is 0.257 e. The van der Waals surface area contributed by atoms with Gasteiger partial charge < -0.3 is 9.73 Å². The van der Waals surface area contributed by atoms with Crippen LogP contribution in [0.4, 0.5) is 5.69 Å². The summed E-state index contributed by atoms with van der Waals surface area (Å²) in [6.07, 6.45) is 0.640. The lowest BCUT2D eigenvalue weighted by Gasteiger charge is -2.13. The Kier molecular flexibility index (Phi) is 5.19. The zero-order chi connectivity index (χ0) is 17.8. The highest BCUT2D eigenvalue weighted by molar-refractivity contribution is 8.00. The minimum absolute atomic E-state index is 0.00386. The van der Waals surface area contributed by atoms with E-state index in [0.29, 0.717) is 28.5 Å². The Balaban J connectivity index is 1.69. The number of ketones is 1. The van der Waals surface area contributed by atoms with Gasteiger partial charge in [0.1, 0.15) is 5.52 Å². The summed E-state index contributed by atoms with van der Waals surface area (Å²) in [5.41, 5.74) is 2.76. The van der Waals surface area contributed by atoms with Crippen LogP contribution in [0.1, 0.15) is 30.6 Å². The molecule has 0 saturated heterocycles. The van der Waals surface area contributed by atoms with E-state index in [0.717, 1.165) is 5.52 Å². The average molecular weight is 354 g/mol. The van der Waals surface area contributed by atoms with Crippen LogP contribution in [0.3, 0.4) is 0 Å². The molecule has 0 radical (unpaired) electrons. The summed E-state index contributed by atoms with van der Waals surface area (Å²) in [4.78, 5) is 28.2. The number of carbonyl (C=O) groups is 2. The Morgan fingerprint density at radius 2 is 1.88 bits per heavy atom. The highest BCUT2D eigenvalue weighted by atomic mass is 32.2. The van der Waals surface area contributed by atoms with Crippen LogP contribution in [-0.4, -0.2) is 21.9 Å². The van der Waals surface area contributed by atoms with Gasteiger partial charge in [-0.1, -0.05) is 30.8 Å².